The monoisotopic (exact) mass is 360 g/mol. The summed E-state index contributed by atoms with van der Waals surface area (Å²) < 4.78 is 0. The number of fused-ring (bicyclic) bond motifs is 1. The molecule has 2 aliphatic heterocycles. The molecule has 3 rings (SSSR count). The summed E-state index contributed by atoms with van der Waals surface area (Å²) in [4.78, 5) is 37.2. The number of hydrogen-bond donors (Lipinski definition) is 2. The SMILES string of the molecule is CC(NC(=O)c1cccc([N+](=O)[O-])c1)C(=O)N1CC[C@@H]2CNC[C@@H]2CC1. The molecule has 1 aromatic rings. The van der Waals surface area contributed by atoms with E-state index >= 15 is 0 Å². The maximum atomic E-state index is 12.7. The summed E-state index contributed by atoms with van der Waals surface area (Å²) in [6.45, 7) is 5.11. The number of benzene rings is 1. The van der Waals surface area contributed by atoms with Crippen LogP contribution in [-0.4, -0.2) is 53.9 Å². The second kappa shape index (κ2) is 7.82. The standard InChI is InChI=1S/C18H24N4O4/c1-12(20-17(23)13-3-2-4-16(9-13)22(25)26)18(24)21-7-5-14-10-19-11-15(14)6-8-21/h2-4,9,12,14-15,19H,5-8,10-11H2,1H3,(H,20,23)/t12?,14-,15+. The summed E-state index contributed by atoms with van der Waals surface area (Å²) in [5.74, 6) is 0.673. The lowest BCUT2D eigenvalue weighted by atomic mass is 9.92. The molecule has 140 valence electrons. The quantitative estimate of drug-likeness (QED) is 0.619. The number of nitrogens with one attached hydrogen (secondary N) is 2. The minimum absolute atomic E-state index is 0.100. The predicted octanol–water partition coefficient (Wildman–Crippen LogP) is 1.17. The van der Waals surface area contributed by atoms with E-state index < -0.39 is 16.9 Å². The molecular formula is C18H24N4O4. The number of amides is 2. The fourth-order valence-electron chi connectivity index (χ4n) is 3.81. The van der Waals surface area contributed by atoms with Crippen molar-refractivity contribution in [1.82, 2.24) is 15.5 Å². The van der Waals surface area contributed by atoms with Gasteiger partial charge in [-0.2, -0.15) is 0 Å². The number of hydrogen-bond acceptors (Lipinski definition) is 5. The third-order valence-electron chi connectivity index (χ3n) is 5.37. The van der Waals surface area contributed by atoms with Crippen molar-refractivity contribution >= 4 is 17.5 Å². The third kappa shape index (κ3) is 4.01. The molecule has 0 spiro atoms. The lowest BCUT2D eigenvalue weighted by Crippen LogP contribution is -2.47. The van der Waals surface area contributed by atoms with Crippen molar-refractivity contribution in [2.75, 3.05) is 26.2 Å². The Morgan fingerprint density at radius 2 is 1.92 bits per heavy atom. The highest BCUT2D eigenvalue weighted by molar-refractivity contribution is 5.97. The average Bonchev–Trinajstić information content (AvgIpc) is 2.99. The summed E-state index contributed by atoms with van der Waals surface area (Å²) in [6, 6.07) is 4.83. The smallest absolute Gasteiger partial charge is 0.270 e. The molecule has 0 aromatic heterocycles. The van der Waals surface area contributed by atoms with E-state index in [-0.39, 0.29) is 17.2 Å². The highest BCUT2D eigenvalue weighted by atomic mass is 16.6. The zero-order valence-corrected chi connectivity index (χ0v) is 14.8. The van der Waals surface area contributed by atoms with Crippen molar-refractivity contribution in [3.8, 4) is 0 Å². The fraction of sp³-hybridized carbons (Fsp3) is 0.556. The highest BCUT2D eigenvalue weighted by Gasteiger charge is 2.32. The number of rotatable bonds is 4. The van der Waals surface area contributed by atoms with Crippen molar-refractivity contribution < 1.29 is 14.5 Å². The molecule has 3 atom stereocenters. The minimum Gasteiger partial charge on any atom is -0.341 e. The van der Waals surface area contributed by atoms with E-state index in [0.717, 1.165) is 25.9 Å². The van der Waals surface area contributed by atoms with Crippen molar-refractivity contribution in [1.29, 1.82) is 0 Å². The van der Waals surface area contributed by atoms with Gasteiger partial charge < -0.3 is 15.5 Å². The van der Waals surface area contributed by atoms with Crippen LogP contribution in [0, 0.1) is 22.0 Å². The molecule has 8 nitrogen and oxygen atoms in total. The molecule has 0 aliphatic carbocycles. The molecule has 8 heteroatoms. The second-order valence-corrected chi connectivity index (χ2v) is 7.08. The van der Waals surface area contributed by atoms with Crippen LogP contribution in [0.2, 0.25) is 0 Å². The first-order valence-corrected chi connectivity index (χ1v) is 9.00. The number of likely N-dealkylation sites (tertiary alicyclic amines) is 1. The average molecular weight is 360 g/mol. The van der Waals surface area contributed by atoms with Gasteiger partial charge >= 0.3 is 0 Å². The fourth-order valence-corrected chi connectivity index (χ4v) is 3.81. The normalized spacial score (nSPS) is 23.7. The van der Waals surface area contributed by atoms with E-state index in [1.807, 2.05) is 4.90 Å². The molecule has 2 heterocycles. The van der Waals surface area contributed by atoms with Gasteiger partial charge in [0.25, 0.3) is 11.6 Å². The summed E-state index contributed by atoms with van der Waals surface area (Å²) in [5.41, 5.74) is 0.0274. The Balaban J connectivity index is 1.59. The first-order chi connectivity index (χ1) is 12.5. The first-order valence-electron chi connectivity index (χ1n) is 9.00. The summed E-state index contributed by atoms with van der Waals surface area (Å²) in [7, 11) is 0. The van der Waals surface area contributed by atoms with Crippen LogP contribution in [0.25, 0.3) is 0 Å². The topological polar surface area (TPSA) is 105 Å². The maximum absolute atomic E-state index is 12.7. The molecule has 2 fully saturated rings. The summed E-state index contributed by atoms with van der Waals surface area (Å²) in [5, 5.41) is 16.9. The number of nitro groups is 1. The lowest BCUT2D eigenvalue weighted by Gasteiger charge is -2.25. The zero-order chi connectivity index (χ0) is 18.7. The molecule has 2 saturated heterocycles. The van der Waals surface area contributed by atoms with Gasteiger partial charge in [0, 0.05) is 30.8 Å². The molecule has 0 radical (unpaired) electrons. The molecule has 2 amide bonds. The van der Waals surface area contributed by atoms with Crippen molar-refractivity contribution in [2.24, 2.45) is 11.8 Å². The Labute approximate surface area is 152 Å². The van der Waals surface area contributed by atoms with E-state index in [9.17, 15) is 19.7 Å². The Morgan fingerprint density at radius 1 is 1.27 bits per heavy atom. The largest absolute Gasteiger partial charge is 0.341 e. The summed E-state index contributed by atoms with van der Waals surface area (Å²) in [6.07, 6.45) is 1.96. The van der Waals surface area contributed by atoms with E-state index in [4.69, 9.17) is 0 Å². The van der Waals surface area contributed by atoms with E-state index in [0.29, 0.717) is 24.9 Å². The molecular weight excluding hydrogens is 336 g/mol. The van der Waals surface area contributed by atoms with E-state index in [1.165, 1.54) is 24.3 Å². The number of non-ortho nitro benzene ring substituents is 1. The maximum Gasteiger partial charge on any atom is 0.270 e. The molecule has 2 N–H and O–H groups in total. The van der Waals surface area contributed by atoms with Gasteiger partial charge in [0.15, 0.2) is 0 Å². The van der Waals surface area contributed by atoms with Gasteiger partial charge in [0.1, 0.15) is 6.04 Å². The lowest BCUT2D eigenvalue weighted by molar-refractivity contribution is -0.384. The van der Waals surface area contributed by atoms with Crippen LogP contribution in [0.3, 0.4) is 0 Å². The molecule has 0 saturated carbocycles. The molecule has 1 aromatic carbocycles. The Kier molecular flexibility index (Phi) is 5.51. The number of carbonyl (C=O) groups is 2. The van der Waals surface area contributed by atoms with E-state index in [2.05, 4.69) is 10.6 Å². The summed E-state index contributed by atoms with van der Waals surface area (Å²) >= 11 is 0. The minimum atomic E-state index is -0.669. The van der Waals surface area contributed by atoms with Crippen LogP contribution in [0.15, 0.2) is 24.3 Å². The van der Waals surface area contributed by atoms with Crippen LogP contribution >= 0.6 is 0 Å². The van der Waals surface area contributed by atoms with Crippen molar-refractivity contribution in [3.63, 3.8) is 0 Å². The molecule has 26 heavy (non-hydrogen) atoms. The van der Waals surface area contributed by atoms with Crippen LogP contribution in [-0.2, 0) is 4.79 Å². The van der Waals surface area contributed by atoms with Crippen LogP contribution in [0.5, 0.6) is 0 Å². The van der Waals surface area contributed by atoms with Gasteiger partial charge in [-0.1, -0.05) is 6.07 Å². The molecule has 2 aliphatic rings. The number of carbonyl (C=O) groups excluding carboxylic acids is 2. The number of nitrogens with zero attached hydrogens (tertiary/aromatic N) is 2. The van der Waals surface area contributed by atoms with E-state index in [1.54, 1.807) is 6.92 Å². The van der Waals surface area contributed by atoms with Gasteiger partial charge in [0.05, 0.1) is 4.92 Å². The van der Waals surface area contributed by atoms with Crippen LogP contribution in [0.4, 0.5) is 5.69 Å². The molecule has 1 unspecified atom stereocenters. The Hall–Kier alpha value is -2.48. The highest BCUT2D eigenvalue weighted by Crippen LogP contribution is 2.27. The Bertz CT molecular complexity index is 694. The van der Waals surface area contributed by atoms with Gasteiger partial charge in [-0.05, 0) is 50.8 Å². The van der Waals surface area contributed by atoms with Crippen molar-refractivity contribution in [2.45, 2.75) is 25.8 Å². The predicted molar refractivity (Wildman–Crippen MR) is 95.7 cm³/mol. The molecule has 0 bridgehead atoms. The van der Waals surface area contributed by atoms with Crippen LogP contribution < -0.4 is 10.6 Å². The van der Waals surface area contributed by atoms with Crippen molar-refractivity contribution in [3.05, 3.63) is 39.9 Å². The number of nitro benzene ring substituents is 1. The van der Waals surface area contributed by atoms with Crippen LogP contribution in [0.1, 0.15) is 30.1 Å². The third-order valence-corrected chi connectivity index (χ3v) is 5.37. The van der Waals surface area contributed by atoms with Gasteiger partial charge in [-0.15, -0.1) is 0 Å². The zero-order valence-electron chi connectivity index (χ0n) is 14.8. The van der Waals surface area contributed by atoms with Gasteiger partial charge in [-0.3, -0.25) is 19.7 Å². The second-order valence-electron chi connectivity index (χ2n) is 7.08. The van der Waals surface area contributed by atoms with Gasteiger partial charge in [0.2, 0.25) is 5.91 Å². The first kappa shape index (κ1) is 18.3. The van der Waals surface area contributed by atoms with Gasteiger partial charge in [-0.25, -0.2) is 0 Å². The Morgan fingerprint density at radius 3 is 2.54 bits per heavy atom.